The van der Waals surface area contributed by atoms with Crippen molar-refractivity contribution in [3.05, 3.63) is 68.6 Å². The molecule has 1 aromatic carbocycles. The summed E-state index contributed by atoms with van der Waals surface area (Å²) in [5, 5.41) is 24.1. The van der Waals surface area contributed by atoms with Crippen molar-refractivity contribution >= 4 is 40.0 Å². The number of aliphatic hydroxyl groups is 1. The van der Waals surface area contributed by atoms with Crippen LogP contribution < -0.4 is 4.73 Å². The van der Waals surface area contributed by atoms with Gasteiger partial charge < -0.3 is 20.1 Å². The molecule has 1 amide bonds. The maximum atomic E-state index is 13.3. The van der Waals surface area contributed by atoms with Crippen LogP contribution in [0.5, 0.6) is 0 Å². The van der Waals surface area contributed by atoms with Crippen molar-refractivity contribution in [1.29, 1.82) is 0 Å². The smallest absolute Gasteiger partial charge is 0.260 e. The Morgan fingerprint density at radius 1 is 1.12 bits per heavy atom. The number of nitrogens with zero attached hydrogens (tertiary/aromatic N) is 4. The molecule has 1 N–H and O–H groups in total. The molecule has 3 heterocycles. The lowest BCUT2D eigenvalue weighted by atomic mass is 9.82. The fraction of sp³-hybridized carbons (Fsp3) is 0.567. The van der Waals surface area contributed by atoms with Crippen molar-refractivity contribution in [2.75, 3.05) is 39.4 Å². The Hall–Kier alpha value is -2.20. The van der Waals surface area contributed by atoms with E-state index in [1.165, 1.54) is 6.20 Å². The topological polar surface area (TPSA) is 92.3 Å². The molecule has 0 spiro atoms. The maximum absolute atomic E-state index is 13.3. The molecule has 10 heteroatoms. The molecule has 1 aromatic heterocycles. The van der Waals surface area contributed by atoms with E-state index in [2.05, 4.69) is 57.2 Å². The van der Waals surface area contributed by atoms with Gasteiger partial charge >= 0.3 is 0 Å². The largest absolute Gasteiger partial charge is 0.618 e. The number of benzene rings is 1. The summed E-state index contributed by atoms with van der Waals surface area (Å²) in [4.78, 5) is 23.3. The van der Waals surface area contributed by atoms with Crippen LogP contribution in [0.3, 0.4) is 0 Å². The second-order valence-corrected chi connectivity index (χ2v) is 11.5. The number of aryl methyl sites for hydroxylation is 1. The number of amides is 1. The monoisotopic (exact) mass is 638 g/mol. The van der Waals surface area contributed by atoms with E-state index in [4.69, 9.17) is 9.94 Å². The van der Waals surface area contributed by atoms with Crippen molar-refractivity contribution in [3.63, 3.8) is 0 Å². The Morgan fingerprint density at radius 3 is 2.25 bits per heavy atom. The number of hydrogen-bond acceptors (Lipinski definition) is 6. The van der Waals surface area contributed by atoms with Crippen molar-refractivity contribution in [2.24, 2.45) is 11.1 Å². The highest BCUT2D eigenvalue weighted by atomic mass is 79.9. The second-order valence-electron chi connectivity index (χ2n) is 10.6. The van der Waals surface area contributed by atoms with E-state index in [9.17, 15) is 10.0 Å². The van der Waals surface area contributed by atoms with Gasteiger partial charge in [-0.3, -0.25) is 9.69 Å². The van der Waals surface area contributed by atoms with Crippen LogP contribution in [-0.2, 0) is 4.84 Å². The van der Waals surface area contributed by atoms with Crippen LogP contribution in [0.15, 0.2) is 46.2 Å². The van der Waals surface area contributed by atoms with Gasteiger partial charge in [-0.15, -0.1) is 12.4 Å². The van der Waals surface area contributed by atoms with Crippen LogP contribution in [0.1, 0.15) is 73.6 Å². The number of carbonyl (C=O) groups is 1. The molecule has 0 aliphatic carbocycles. The molecule has 0 radical (unpaired) electrons. The molecule has 2 saturated heterocycles. The summed E-state index contributed by atoms with van der Waals surface area (Å²) in [7, 11) is 0. The summed E-state index contributed by atoms with van der Waals surface area (Å²) in [6.07, 6.45) is 5.40. The number of piperidine rings is 2. The highest BCUT2D eigenvalue weighted by Crippen LogP contribution is 2.34. The van der Waals surface area contributed by atoms with Gasteiger partial charge in [0.05, 0.1) is 5.71 Å². The van der Waals surface area contributed by atoms with Gasteiger partial charge in [0.25, 0.3) is 5.91 Å². The van der Waals surface area contributed by atoms with Gasteiger partial charge in [-0.25, -0.2) is 0 Å². The zero-order valence-electron chi connectivity index (χ0n) is 24.4. The minimum Gasteiger partial charge on any atom is -0.618 e. The first-order valence-corrected chi connectivity index (χ1v) is 14.7. The van der Waals surface area contributed by atoms with Crippen LogP contribution in [-0.4, -0.2) is 71.5 Å². The highest BCUT2D eigenvalue weighted by Gasteiger charge is 2.40. The number of hydrogen-bond donors (Lipinski definition) is 1. The molecule has 4 rings (SSSR count). The normalized spacial score (nSPS) is 17.9. The lowest BCUT2D eigenvalue weighted by Crippen LogP contribution is -2.57. The number of carbonyl (C=O) groups excluding carboxylic acids is 1. The van der Waals surface area contributed by atoms with Crippen molar-refractivity contribution in [3.8, 4) is 0 Å². The van der Waals surface area contributed by atoms with Gasteiger partial charge in [-0.2, -0.15) is 4.73 Å². The second kappa shape index (κ2) is 15.7. The zero-order valence-corrected chi connectivity index (χ0v) is 26.8. The molecule has 40 heavy (non-hydrogen) atoms. The molecular formula is C30H44BrClN4O4. The average Bonchev–Trinajstić information content (AvgIpc) is 2.93. The van der Waals surface area contributed by atoms with Crippen molar-refractivity contribution < 1.29 is 19.5 Å². The molecule has 0 atom stereocenters. The fourth-order valence-electron chi connectivity index (χ4n) is 5.57. The van der Waals surface area contributed by atoms with E-state index in [1.54, 1.807) is 19.9 Å². The predicted octanol–water partition coefficient (Wildman–Crippen LogP) is 5.27. The Morgan fingerprint density at radius 2 is 1.70 bits per heavy atom. The molecular weight excluding hydrogens is 596 g/mol. The number of halogens is 2. The van der Waals surface area contributed by atoms with Crippen LogP contribution >= 0.6 is 28.3 Å². The van der Waals surface area contributed by atoms with Crippen LogP contribution in [0, 0.1) is 25.0 Å². The summed E-state index contributed by atoms with van der Waals surface area (Å²) in [6, 6.07) is 10.0. The summed E-state index contributed by atoms with van der Waals surface area (Å²) in [5.74, 6) is 0.337. The van der Waals surface area contributed by atoms with Crippen LogP contribution in [0.25, 0.3) is 0 Å². The SMILES string of the molecule is CCO.CCO/N=C(/c1ccc(Br)cc1)C1CCN(C2(C)CCN(C(=O)c3c(C)cc[n+]([O-])c3C)CC2)CC1.Cl. The molecule has 2 aliphatic rings. The summed E-state index contributed by atoms with van der Waals surface area (Å²) in [5.41, 5.74) is 4.11. The van der Waals surface area contributed by atoms with Gasteiger partial charge in [0.15, 0.2) is 6.20 Å². The van der Waals surface area contributed by atoms with Crippen molar-refractivity contribution in [2.45, 2.75) is 65.8 Å². The summed E-state index contributed by atoms with van der Waals surface area (Å²) >= 11 is 3.52. The first-order chi connectivity index (χ1) is 18.6. The van der Waals surface area contributed by atoms with Gasteiger partial charge in [0.1, 0.15) is 12.2 Å². The number of pyridine rings is 1. The van der Waals surface area contributed by atoms with E-state index >= 15 is 0 Å². The van der Waals surface area contributed by atoms with E-state index < -0.39 is 0 Å². The van der Waals surface area contributed by atoms with Gasteiger partial charge in [0, 0.05) is 48.6 Å². The third-order valence-corrected chi connectivity index (χ3v) is 8.49. The number of rotatable bonds is 6. The minimum atomic E-state index is -0.0257. The number of aromatic nitrogens is 1. The van der Waals surface area contributed by atoms with E-state index in [0.717, 1.165) is 64.8 Å². The maximum Gasteiger partial charge on any atom is 0.260 e. The Labute approximate surface area is 253 Å². The third-order valence-electron chi connectivity index (χ3n) is 7.97. The number of oxime groups is 1. The molecule has 0 saturated carbocycles. The number of likely N-dealkylation sites (tertiary alicyclic amines) is 2. The Balaban J connectivity index is 0.00000134. The Bertz CT molecular complexity index is 1130. The molecule has 2 aromatic rings. The Kier molecular flexibility index (Phi) is 13.4. The molecule has 2 aliphatic heterocycles. The van der Waals surface area contributed by atoms with Crippen LogP contribution in [0.2, 0.25) is 0 Å². The number of aliphatic hydroxyl groups excluding tert-OH is 1. The third kappa shape index (κ3) is 8.18. The minimum absolute atomic E-state index is 0. The summed E-state index contributed by atoms with van der Waals surface area (Å²) < 4.78 is 1.84. The predicted molar refractivity (Wildman–Crippen MR) is 165 cm³/mol. The van der Waals surface area contributed by atoms with Gasteiger partial charge in [0.2, 0.25) is 5.69 Å². The molecule has 0 bridgehead atoms. The molecule has 8 nitrogen and oxygen atoms in total. The molecule has 222 valence electrons. The quantitative estimate of drug-likeness (QED) is 0.201. The lowest BCUT2D eigenvalue weighted by Gasteiger charge is -2.49. The lowest BCUT2D eigenvalue weighted by molar-refractivity contribution is -0.612. The van der Waals surface area contributed by atoms with Gasteiger partial charge in [-0.05, 0) is 89.7 Å². The first-order valence-electron chi connectivity index (χ1n) is 14.0. The standard InChI is InChI=1S/C28H37BrN4O3.C2H6O.ClH/c1-5-36-30-26(22-6-8-24(29)9-7-22)23-11-15-32(16-12-23)28(4)13-18-31(19-14-28)27(34)25-20(2)10-17-33(35)21(25)3;1-2-3;/h6-10,17,23H,5,11-16,18-19H2,1-4H3;3H,2H2,1H3;1H/b30-26-;;. The summed E-state index contributed by atoms with van der Waals surface area (Å²) in [6.45, 7) is 13.8. The van der Waals surface area contributed by atoms with E-state index in [1.807, 2.05) is 18.7 Å². The fourth-order valence-corrected chi connectivity index (χ4v) is 5.83. The molecule has 0 unspecified atom stereocenters. The first kappa shape index (κ1) is 34.0. The molecule has 2 fully saturated rings. The van der Waals surface area contributed by atoms with Crippen molar-refractivity contribution in [1.82, 2.24) is 9.80 Å². The van der Waals surface area contributed by atoms with E-state index in [-0.39, 0.29) is 30.5 Å². The van der Waals surface area contributed by atoms with Crippen LogP contribution in [0.4, 0.5) is 0 Å². The highest BCUT2D eigenvalue weighted by molar-refractivity contribution is 9.10. The average molecular weight is 640 g/mol. The van der Waals surface area contributed by atoms with Gasteiger partial charge in [-0.1, -0.05) is 33.2 Å². The van der Waals surface area contributed by atoms with E-state index in [0.29, 0.717) is 36.9 Å². The zero-order chi connectivity index (χ0) is 28.6.